The number of hydrogen-bond acceptors (Lipinski definition) is 1. The highest BCUT2D eigenvalue weighted by Crippen LogP contribution is 2.29. The Bertz CT molecular complexity index is 325. The van der Waals surface area contributed by atoms with E-state index in [1.807, 2.05) is 0 Å². The van der Waals surface area contributed by atoms with E-state index in [2.05, 4.69) is 40.2 Å². The van der Waals surface area contributed by atoms with Crippen LogP contribution in [0.25, 0.3) is 0 Å². The summed E-state index contributed by atoms with van der Waals surface area (Å²) in [5.41, 5.74) is 7.95. The van der Waals surface area contributed by atoms with Crippen molar-refractivity contribution in [3.63, 3.8) is 0 Å². The number of halogens is 1. The number of hydrogen-bond donors (Lipinski definition) is 1. The fourth-order valence-corrected chi connectivity index (χ4v) is 2.81. The Kier molecular flexibility index (Phi) is 4.04. The maximum atomic E-state index is 6.43. The average Bonchev–Trinajstić information content (AvgIpc) is 2.29. The lowest BCUT2D eigenvalue weighted by Crippen LogP contribution is -2.41. The van der Waals surface area contributed by atoms with E-state index in [0.29, 0.717) is 0 Å². The lowest BCUT2D eigenvalue weighted by Gasteiger charge is -2.33. The molecule has 2 heteroatoms. The van der Waals surface area contributed by atoms with Gasteiger partial charge >= 0.3 is 0 Å². The monoisotopic (exact) mass is 281 g/mol. The van der Waals surface area contributed by atoms with Crippen LogP contribution in [0.1, 0.15) is 44.1 Å². The third-order valence-corrected chi connectivity index (χ3v) is 4.20. The predicted molar refractivity (Wildman–Crippen MR) is 72.5 cm³/mol. The van der Waals surface area contributed by atoms with E-state index >= 15 is 0 Å². The van der Waals surface area contributed by atoms with Crippen molar-refractivity contribution in [2.45, 2.75) is 50.5 Å². The van der Waals surface area contributed by atoms with Crippen molar-refractivity contribution in [3.8, 4) is 0 Å². The Labute approximate surface area is 107 Å². The SMILES string of the molecule is NC1(CCc2ccc(Br)cc2)CCCCC1. The lowest BCUT2D eigenvalue weighted by atomic mass is 9.79. The summed E-state index contributed by atoms with van der Waals surface area (Å²) in [6.45, 7) is 0. The van der Waals surface area contributed by atoms with E-state index in [9.17, 15) is 0 Å². The third-order valence-electron chi connectivity index (χ3n) is 3.67. The molecule has 2 N–H and O–H groups in total. The standard InChI is InChI=1S/C14H20BrN/c15-13-6-4-12(5-7-13)8-11-14(16)9-2-1-3-10-14/h4-7H,1-3,8-11,16H2. The minimum Gasteiger partial charge on any atom is -0.325 e. The van der Waals surface area contributed by atoms with Gasteiger partial charge in [-0.1, -0.05) is 47.3 Å². The summed E-state index contributed by atoms with van der Waals surface area (Å²) in [5.74, 6) is 0. The second-order valence-electron chi connectivity index (χ2n) is 5.05. The Morgan fingerprint density at radius 2 is 1.69 bits per heavy atom. The summed E-state index contributed by atoms with van der Waals surface area (Å²) in [6, 6.07) is 8.60. The summed E-state index contributed by atoms with van der Waals surface area (Å²) in [6.07, 6.45) is 8.68. The van der Waals surface area contributed by atoms with Gasteiger partial charge in [-0.2, -0.15) is 0 Å². The summed E-state index contributed by atoms with van der Waals surface area (Å²) >= 11 is 3.46. The van der Waals surface area contributed by atoms with Crippen LogP contribution in [-0.2, 0) is 6.42 Å². The summed E-state index contributed by atoms with van der Waals surface area (Å²) in [4.78, 5) is 0. The van der Waals surface area contributed by atoms with Crippen molar-refractivity contribution in [2.24, 2.45) is 5.73 Å². The first-order valence-corrected chi connectivity index (χ1v) is 7.01. The molecule has 0 radical (unpaired) electrons. The van der Waals surface area contributed by atoms with E-state index < -0.39 is 0 Å². The molecule has 0 bridgehead atoms. The van der Waals surface area contributed by atoms with E-state index in [4.69, 9.17) is 5.73 Å². The molecule has 1 aliphatic rings. The summed E-state index contributed by atoms with van der Waals surface area (Å²) in [5, 5.41) is 0. The van der Waals surface area contributed by atoms with Crippen LogP contribution in [0.5, 0.6) is 0 Å². The van der Waals surface area contributed by atoms with Crippen molar-refractivity contribution in [1.82, 2.24) is 0 Å². The van der Waals surface area contributed by atoms with E-state index in [1.54, 1.807) is 0 Å². The molecule has 1 aliphatic carbocycles. The maximum Gasteiger partial charge on any atom is 0.0175 e. The minimum atomic E-state index is 0.116. The van der Waals surface area contributed by atoms with E-state index in [0.717, 1.165) is 17.3 Å². The highest BCUT2D eigenvalue weighted by atomic mass is 79.9. The number of rotatable bonds is 3. The van der Waals surface area contributed by atoms with Gasteiger partial charge in [0.2, 0.25) is 0 Å². The smallest absolute Gasteiger partial charge is 0.0175 e. The Hall–Kier alpha value is -0.340. The second-order valence-corrected chi connectivity index (χ2v) is 5.97. The van der Waals surface area contributed by atoms with Gasteiger partial charge in [-0.3, -0.25) is 0 Å². The van der Waals surface area contributed by atoms with Gasteiger partial charge in [0.25, 0.3) is 0 Å². The van der Waals surface area contributed by atoms with Crippen LogP contribution >= 0.6 is 15.9 Å². The van der Waals surface area contributed by atoms with Crippen molar-refractivity contribution in [3.05, 3.63) is 34.3 Å². The van der Waals surface area contributed by atoms with Crippen LogP contribution < -0.4 is 5.73 Å². The van der Waals surface area contributed by atoms with Crippen molar-refractivity contribution in [1.29, 1.82) is 0 Å². The third kappa shape index (κ3) is 3.33. The summed E-state index contributed by atoms with van der Waals surface area (Å²) < 4.78 is 1.15. The highest BCUT2D eigenvalue weighted by molar-refractivity contribution is 9.10. The molecule has 1 saturated carbocycles. The largest absolute Gasteiger partial charge is 0.325 e. The molecule has 1 aromatic rings. The minimum absolute atomic E-state index is 0.116. The van der Waals surface area contributed by atoms with Gasteiger partial charge < -0.3 is 5.73 Å². The molecular formula is C14H20BrN. The molecule has 16 heavy (non-hydrogen) atoms. The quantitative estimate of drug-likeness (QED) is 0.889. The predicted octanol–water partition coefficient (Wildman–Crippen LogP) is 4.04. The van der Waals surface area contributed by atoms with Gasteiger partial charge in [0.15, 0.2) is 0 Å². The fourth-order valence-electron chi connectivity index (χ4n) is 2.55. The molecule has 0 heterocycles. The van der Waals surface area contributed by atoms with Gasteiger partial charge in [-0.25, -0.2) is 0 Å². The molecule has 0 amide bonds. The molecule has 2 rings (SSSR count). The second kappa shape index (κ2) is 5.33. The Balaban J connectivity index is 1.88. The van der Waals surface area contributed by atoms with Gasteiger partial charge in [0.1, 0.15) is 0 Å². The zero-order valence-corrected chi connectivity index (χ0v) is 11.3. The molecule has 1 aromatic carbocycles. The zero-order valence-electron chi connectivity index (χ0n) is 9.71. The first kappa shape index (κ1) is 12.1. The molecule has 0 aromatic heterocycles. The summed E-state index contributed by atoms with van der Waals surface area (Å²) in [7, 11) is 0. The molecule has 0 aliphatic heterocycles. The van der Waals surface area contributed by atoms with Gasteiger partial charge in [-0.05, 0) is 43.4 Å². The molecule has 1 nitrogen and oxygen atoms in total. The maximum absolute atomic E-state index is 6.43. The average molecular weight is 282 g/mol. The number of benzene rings is 1. The molecule has 88 valence electrons. The number of aryl methyl sites for hydroxylation is 1. The molecule has 1 fully saturated rings. The molecule has 0 spiro atoms. The van der Waals surface area contributed by atoms with Crippen LogP contribution in [0, 0.1) is 0 Å². The topological polar surface area (TPSA) is 26.0 Å². The first-order valence-electron chi connectivity index (χ1n) is 6.21. The molecule has 0 unspecified atom stereocenters. The van der Waals surface area contributed by atoms with Crippen LogP contribution in [0.4, 0.5) is 0 Å². The van der Waals surface area contributed by atoms with Gasteiger partial charge in [0, 0.05) is 10.0 Å². The molecule has 0 saturated heterocycles. The fraction of sp³-hybridized carbons (Fsp3) is 0.571. The van der Waals surface area contributed by atoms with Crippen molar-refractivity contribution >= 4 is 15.9 Å². The van der Waals surface area contributed by atoms with Gasteiger partial charge in [0.05, 0.1) is 0 Å². The van der Waals surface area contributed by atoms with Crippen LogP contribution in [0.2, 0.25) is 0 Å². The number of nitrogens with two attached hydrogens (primary N) is 1. The molecule has 0 atom stereocenters. The highest BCUT2D eigenvalue weighted by Gasteiger charge is 2.26. The van der Waals surface area contributed by atoms with Crippen LogP contribution in [0.3, 0.4) is 0 Å². The lowest BCUT2D eigenvalue weighted by molar-refractivity contribution is 0.278. The molecular weight excluding hydrogens is 262 g/mol. The first-order chi connectivity index (χ1) is 7.68. The van der Waals surface area contributed by atoms with Crippen LogP contribution in [-0.4, -0.2) is 5.54 Å². The van der Waals surface area contributed by atoms with Crippen molar-refractivity contribution < 1.29 is 0 Å². The van der Waals surface area contributed by atoms with Gasteiger partial charge in [-0.15, -0.1) is 0 Å². The Morgan fingerprint density at radius 3 is 2.31 bits per heavy atom. The normalized spacial score (nSPS) is 19.6. The van der Waals surface area contributed by atoms with E-state index in [1.165, 1.54) is 37.7 Å². The van der Waals surface area contributed by atoms with E-state index in [-0.39, 0.29) is 5.54 Å². The van der Waals surface area contributed by atoms with Crippen LogP contribution in [0.15, 0.2) is 28.7 Å². The van der Waals surface area contributed by atoms with Crippen molar-refractivity contribution in [2.75, 3.05) is 0 Å². The zero-order chi connectivity index (χ0) is 11.4. The Morgan fingerprint density at radius 1 is 1.06 bits per heavy atom.